The molecular formula is C23H20N+. The summed E-state index contributed by atoms with van der Waals surface area (Å²) in [6, 6.07) is 19.5. The van der Waals surface area contributed by atoms with Crippen LogP contribution in [0.2, 0.25) is 0 Å². The summed E-state index contributed by atoms with van der Waals surface area (Å²) in [6.45, 7) is 0. The van der Waals surface area contributed by atoms with Crippen LogP contribution in [0.1, 0.15) is 22.6 Å². The van der Waals surface area contributed by atoms with Gasteiger partial charge >= 0.3 is 0 Å². The number of aromatic nitrogens is 1. The van der Waals surface area contributed by atoms with E-state index in [1.54, 1.807) is 0 Å². The molecule has 1 aliphatic carbocycles. The Morgan fingerprint density at radius 2 is 1.58 bits per heavy atom. The fraction of sp³-hybridized carbons (Fsp3) is 0.0870. The maximum atomic E-state index is 2.22. The van der Waals surface area contributed by atoms with Crippen LogP contribution in [0.25, 0.3) is 23.1 Å². The van der Waals surface area contributed by atoms with E-state index in [1.165, 1.54) is 27.6 Å². The standard InChI is InChI=1S/C23H20N/c1-24-17-16-21(22-8-4-5-9-23(22)24)15-12-18-10-13-20(14-11-18)19-6-2-3-7-19/h2-17,19H,1H3/q+1/b15-12+. The lowest BCUT2D eigenvalue weighted by molar-refractivity contribution is -0.644. The Bertz CT molecular complexity index is 947. The molecule has 1 aliphatic rings. The second-order valence-corrected chi connectivity index (χ2v) is 6.19. The van der Waals surface area contributed by atoms with Crippen molar-refractivity contribution in [3.8, 4) is 0 Å². The predicted molar refractivity (Wildman–Crippen MR) is 102 cm³/mol. The molecule has 0 spiro atoms. The van der Waals surface area contributed by atoms with Crippen LogP contribution in [0.15, 0.2) is 85.1 Å². The van der Waals surface area contributed by atoms with Gasteiger partial charge in [0.1, 0.15) is 7.05 Å². The van der Waals surface area contributed by atoms with E-state index in [4.69, 9.17) is 0 Å². The first-order valence-electron chi connectivity index (χ1n) is 8.32. The summed E-state index contributed by atoms with van der Waals surface area (Å²) in [7, 11) is 2.08. The van der Waals surface area contributed by atoms with Crippen LogP contribution in [0.4, 0.5) is 0 Å². The Kier molecular flexibility index (Phi) is 3.84. The van der Waals surface area contributed by atoms with Crippen molar-refractivity contribution in [2.24, 2.45) is 7.05 Å². The lowest BCUT2D eigenvalue weighted by Crippen LogP contribution is -2.28. The molecule has 1 heteroatoms. The van der Waals surface area contributed by atoms with Crippen LogP contribution in [-0.2, 0) is 7.05 Å². The molecule has 0 saturated heterocycles. The summed E-state index contributed by atoms with van der Waals surface area (Å²) >= 11 is 0. The Morgan fingerprint density at radius 1 is 0.833 bits per heavy atom. The van der Waals surface area contributed by atoms with Crippen molar-refractivity contribution in [1.82, 2.24) is 0 Å². The van der Waals surface area contributed by atoms with Gasteiger partial charge < -0.3 is 0 Å². The topological polar surface area (TPSA) is 3.88 Å². The molecule has 1 aromatic heterocycles. The van der Waals surface area contributed by atoms with Gasteiger partial charge in [0.15, 0.2) is 6.20 Å². The third-order valence-electron chi connectivity index (χ3n) is 4.60. The van der Waals surface area contributed by atoms with Gasteiger partial charge in [-0.3, -0.25) is 0 Å². The monoisotopic (exact) mass is 310 g/mol. The van der Waals surface area contributed by atoms with Gasteiger partial charge in [-0.05, 0) is 22.8 Å². The smallest absolute Gasteiger partial charge is 0.201 e. The molecule has 4 rings (SSSR count). The van der Waals surface area contributed by atoms with Gasteiger partial charge in [0.2, 0.25) is 5.52 Å². The van der Waals surface area contributed by atoms with Crippen LogP contribution in [0.3, 0.4) is 0 Å². The first-order valence-corrected chi connectivity index (χ1v) is 8.32. The van der Waals surface area contributed by atoms with E-state index < -0.39 is 0 Å². The number of allylic oxidation sites excluding steroid dienone is 4. The highest BCUT2D eigenvalue weighted by Gasteiger charge is 2.07. The van der Waals surface area contributed by atoms with Crippen molar-refractivity contribution in [3.63, 3.8) is 0 Å². The van der Waals surface area contributed by atoms with Crippen molar-refractivity contribution in [3.05, 3.63) is 102 Å². The molecule has 0 fully saturated rings. The molecule has 0 radical (unpaired) electrons. The van der Waals surface area contributed by atoms with Gasteiger partial charge in [-0.15, -0.1) is 0 Å². The molecule has 0 saturated carbocycles. The molecule has 1 nitrogen and oxygen atoms in total. The number of benzene rings is 2. The van der Waals surface area contributed by atoms with Crippen LogP contribution >= 0.6 is 0 Å². The summed E-state index contributed by atoms with van der Waals surface area (Å²) in [4.78, 5) is 0. The van der Waals surface area contributed by atoms with Crippen molar-refractivity contribution >= 4 is 23.1 Å². The van der Waals surface area contributed by atoms with Gasteiger partial charge in [-0.1, -0.05) is 72.9 Å². The van der Waals surface area contributed by atoms with Crippen LogP contribution < -0.4 is 4.57 Å². The van der Waals surface area contributed by atoms with Gasteiger partial charge in [0.25, 0.3) is 0 Å². The zero-order chi connectivity index (χ0) is 16.4. The molecule has 0 N–H and O–H groups in total. The minimum atomic E-state index is 0.432. The van der Waals surface area contributed by atoms with E-state index >= 15 is 0 Å². The summed E-state index contributed by atoms with van der Waals surface area (Å²) in [5.74, 6) is 0.432. The van der Waals surface area contributed by atoms with Gasteiger partial charge in [0, 0.05) is 18.1 Å². The lowest BCUT2D eigenvalue weighted by atomic mass is 9.99. The Morgan fingerprint density at radius 3 is 2.38 bits per heavy atom. The summed E-state index contributed by atoms with van der Waals surface area (Å²) in [6.07, 6.45) is 15.2. The highest BCUT2D eigenvalue weighted by molar-refractivity contribution is 5.88. The second-order valence-electron chi connectivity index (χ2n) is 6.19. The number of para-hydroxylation sites is 1. The Labute approximate surface area is 142 Å². The van der Waals surface area contributed by atoms with E-state index in [0.717, 1.165) is 0 Å². The zero-order valence-electron chi connectivity index (χ0n) is 13.8. The second kappa shape index (κ2) is 6.29. The van der Waals surface area contributed by atoms with Crippen LogP contribution in [-0.4, -0.2) is 0 Å². The fourth-order valence-electron chi connectivity index (χ4n) is 3.20. The van der Waals surface area contributed by atoms with Crippen molar-refractivity contribution in [1.29, 1.82) is 0 Å². The number of rotatable bonds is 3. The molecule has 116 valence electrons. The van der Waals surface area contributed by atoms with Gasteiger partial charge in [-0.25, -0.2) is 4.57 Å². The predicted octanol–water partition coefficient (Wildman–Crippen LogP) is 5.04. The van der Waals surface area contributed by atoms with E-state index in [9.17, 15) is 0 Å². The number of aryl methyl sites for hydroxylation is 1. The number of pyridine rings is 1. The number of nitrogens with zero attached hydrogens (tertiary/aromatic N) is 1. The highest BCUT2D eigenvalue weighted by atomic mass is 14.9. The van der Waals surface area contributed by atoms with Crippen molar-refractivity contribution in [2.75, 3.05) is 0 Å². The molecule has 24 heavy (non-hydrogen) atoms. The molecule has 3 aromatic rings. The van der Waals surface area contributed by atoms with Crippen LogP contribution in [0, 0.1) is 0 Å². The maximum Gasteiger partial charge on any atom is 0.212 e. The SMILES string of the molecule is C[n+]1ccc(/C=C/c2ccc(C3C=CC=C3)cc2)c2ccccc21. The van der Waals surface area contributed by atoms with E-state index in [2.05, 4.69) is 109 Å². The molecular weight excluding hydrogens is 290 g/mol. The summed E-state index contributed by atoms with van der Waals surface area (Å²) < 4.78 is 2.16. The van der Waals surface area contributed by atoms with E-state index in [-0.39, 0.29) is 0 Å². The molecule has 2 aromatic carbocycles. The van der Waals surface area contributed by atoms with Crippen molar-refractivity contribution in [2.45, 2.75) is 5.92 Å². The van der Waals surface area contributed by atoms with Gasteiger partial charge in [-0.2, -0.15) is 0 Å². The Balaban J connectivity index is 1.62. The molecule has 0 bridgehead atoms. The number of fused-ring (bicyclic) bond motifs is 1. The third kappa shape index (κ3) is 2.81. The molecule has 0 atom stereocenters. The van der Waals surface area contributed by atoms with E-state index in [0.29, 0.717) is 5.92 Å². The highest BCUT2D eigenvalue weighted by Crippen LogP contribution is 2.24. The van der Waals surface area contributed by atoms with Crippen LogP contribution in [0.5, 0.6) is 0 Å². The first-order chi connectivity index (χ1) is 11.8. The fourth-order valence-corrected chi connectivity index (χ4v) is 3.20. The molecule has 0 aliphatic heterocycles. The van der Waals surface area contributed by atoms with Crippen molar-refractivity contribution < 1.29 is 4.57 Å². The number of hydrogen-bond donors (Lipinski definition) is 0. The Hall–Kier alpha value is -2.93. The third-order valence-corrected chi connectivity index (χ3v) is 4.60. The maximum absolute atomic E-state index is 2.22. The zero-order valence-corrected chi connectivity index (χ0v) is 13.8. The summed E-state index contributed by atoms with van der Waals surface area (Å²) in [5.41, 5.74) is 5.06. The van der Waals surface area contributed by atoms with Gasteiger partial charge in [0.05, 0.1) is 5.39 Å². The average Bonchev–Trinajstić information content (AvgIpc) is 3.17. The number of hydrogen-bond acceptors (Lipinski definition) is 0. The molecule has 1 heterocycles. The first kappa shape index (κ1) is 14.6. The molecule has 0 unspecified atom stereocenters. The quantitative estimate of drug-likeness (QED) is 0.596. The molecule has 0 amide bonds. The van der Waals surface area contributed by atoms with E-state index in [1.807, 2.05) is 0 Å². The minimum Gasteiger partial charge on any atom is -0.201 e. The summed E-state index contributed by atoms with van der Waals surface area (Å²) in [5, 5.41) is 1.27. The minimum absolute atomic E-state index is 0.432. The normalized spacial score (nSPS) is 14.2. The largest absolute Gasteiger partial charge is 0.212 e. The lowest BCUT2D eigenvalue weighted by Gasteiger charge is -2.06. The average molecular weight is 310 g/mol.